The van der Waals surface area contributed by atoms with E-state index >= 15 is 0 Å². The number of benzene rings is 4. The lowest BCUT2D eigenvalue weighted by Crippen LogP contribution is -3.00. The Bertz CT molecular complexity index is 1960. The molecule has 0 aliphatic carbocycles. The van der Waals surface area contributed by atoms with Crippen LogP contribution in [0.15, 0.2) is 120 Å². The topological polar surface area (TPSA) is 88.1 Å². The van der Waals surface area contributed by atoms with Crippen LogP contribution in [0, 0.1) is 3.57 Å². The molecule has 0 atom stereocenters. The number of fused-ring (bicyclic) bond motifs is 2. The molecule has 1 aliphatic heterocycles. The van der Waals surface area contributed by atoms with E-state index < -0.39 is 7.26 Å². The monoisotopic (exact) mass is 921 g/mol. The van der Waals surface area contributed by atoms with E-state index in [0.717, 1.165) is 43.7 Å². The number of nitrogens with two attached hydrogens (primary N) is 1. The van der Waals surface area contributed by atoms with Crippen LogP contribution in [-0.4, -0.2) is 32.5 Å². The van der Waals surface area contributed by atoms with Crippen LogP contribution in [-0.2, 0) is 6.54 Å². The van der Waals surface area contributed by atoms with Gasteiger partial charge in [0, 0.05) is 15.0 Å². The van der Waals surface area contributed by atoms with E-state index in [-0.39, 0.29) is 23.8 Å². The number of hydrogen-bond acceptors (Lipinski definition) is 7. The number of hydrogen-bond donors (Lipinski definition) is 1. The molecule has 2 N–H and O–H groups in total. The van der Waals surface area contributed by atoms with Gasteiger partial charge in [-0.15, -0.1) is 0 Å². The third-order valence-electron chi connectivity index (χ3n) is 9.87. The largest absolute Gasteiger partial charge is 1.00 e. The van der Waals surface area contributed by atoms with Gasteiger partial charge in [0.1, 0.15) is 29.5 Å². The van der Waals surface area contributed by atoms with Gasteiger partial charge in [-0.05, 0) is 90.4 Å². The van der Waals surface area contributed by atoms with Gasteiger partial charge in [-0.25, -0.2) is 15.0 Å². The van der Waals surface area contributed by atoms with Gasteiger partial charge in [0.05, 0.1) is 6.16 Å². The molecule has 276 valence electrons. The van der Waals surface area contributed by atoms with Gasteiger partial charge >= 0.3 is 0 Å². The van der Waals surface area contributed by atoms with E-state index in [1.165, 1.54) is 86.2 Å². The molecule has 4 aromatic carbocycles. The maximum atomic E-state index is 6.22. The lowest BCUT2D eigenvalue weighted by atomic mass is 10.1. The molecule has 3 heterocycles. The number of aryl methyl sites for hydroxylation is 1. The summed E-state index contributed by atoms with van der Waals surface area (Å²) < 4.78 is 14.5. The average Bonchev–Trinajstić information content (AvgIpc) is 3.79. The highest BCUT2D eigenvalue weighted by atomic mass is 127. The quantitative estimate of drug-likeness (QED) is 0.0578. The lowest BCUT2D eigenvalue weighted by molar-refractivity contribution is -0.0000119. The smallest absolute Gasteiger partial charge is 0.231 e. The number of unbranched alkanes of at least 4 members (excludes halogenated alkanes) is 9. The van der Waals surface area contributed by atoms with Gasteiger partial charge in [-0.3, -0.25) is 0 Å². The zero-order valence-electron chi connectivity index (χ0n) is 29.9. The van der Waals surface area contributed by atoms with E-state index in [4.69, 9.17) is 20.2 Å². The summed E-state index contributed by atoms with van der Waals surface area (Å²) >= 11 is 3.95. The molecule has 6 aromatic rings. The highest BCUT2D eigenvalue weighted by Gasteiger charge is 2.44. The second-order valence-electron chi connectivity index (χ2n) is 13.3. The first-order chi connectivity index (χ1) is 25.6. The van der Waals surface area contributed by atoms with Crippen LogP contribution < -0.4 is 48.1 Å². The Kier molecular flexibility index (Phi) is 14.5. The van der Waals surface area contributed by atoms with Crippen molar-refractivity contribution in [2.75, 3.05) is 18.7 Å². The van der Waals surface area contributed by atoms with Crippen LogP contribution >= 0.6 is 41.6 Å². The summed E-state index contributed by atoms with van der Waals surface area (Å²) in [6.07, 6.45) is 15.3. The summed E-state index contributed by atoms with van der Waals surface area (Å²) in [4.78, 5) is 14.7. The molecule has 7 rings (SSSR count). The zero-order chi connectivity index (χ0) is 35.6. The minimum Gasteiger partial charge on any atom is -1.00 e. The van der Waals surface area contributed by atoms with Crippen molar-refractivity contribution < 1.29 is 26.5 Å². The Morgan fingerprint density at radius 3 is 1.75 bits per heavy atom. The molecule has 0 unspecified atom stereocenters. The number of aromatic nitrogens is 4. The maximum absolute atomic E-state index is 6.22. The van der Waals surface area contributed by atoms with Crippen molar-refractivity contribution in [3.8, 4) is 11.5 Å². The first-order valence-corrected chi connectivity index (χ1v) is 22.3. The molecular weight excluding hydrogens is 876 g/mol. The Balaban J connectivity index is 0.00000481. The van der Waals surface area contributed by atoms with Crippen molar-refractivity contribution in [2.24, 2.45) is 0 Å². The van der Waals surface area contributed by atoms with Crippen molar-refractivity contribution in [1.82, 2.24) is 19.5 Å². The van der Waals surface area contributed by atoms with Crippen LogP contribution in [0.3, 0.4) is 0 Å². The normalized spacial score (nSPS) is 12.2. The summed E-state index contributed by atoms with van der Waals surface area (Å²) in [7, 11) is -1.72. The fourth-order valence-electron chi connectivity index (χ4n) is 7.20. The molecule has 0 bridgehead atoms. The van der Waals surface area contributed by atoms with Gasteiger partial charge in [0.2, 0.25) is 6.79 Å². The van der Waals surface area contributed by atoms with E-state index in [1.54, 1.807) is 11.8 Å². The summed E-state index contributed by atoms with van der Waals surface area (Å²) in [5, 5.41) is 5.33. The average molecular weight is 923 g/mol. The molecule has 2 aromatic heterocycles. The van der Waals surface area contributed by atoms with Gasteiger partial charge < -0.3 is 36.8 Å². The molecule has 0 amide bonds. The molecule has 0 saturated carbocycles. The van der Waals surface area contributed by atoms with Crippen LogP contribution in [0.25, 0.3) is 11.2 Å². The van der Waals surface area contributed by atoms with Gasteiger partial charge in [-0.1, -0.05) is 111 Å². The van der Waals surface area contributed by atoms with Crippen molar-refractivity contribution in [1.29, 1.82) is 0 Å². The second-order valence-corrected chi connectivity index (χ2v) is 19.1. The van der Waals surface area contributed by atoms with Crippen molar-refractivity contribution in [3.63, 3.8) is 0 Å². The van der Waals surface area contributed by atoms with E-state index in [9.17, 15) is 0 Å². The number of rotatable bonds is 18. The first kappa shape index (κ1) is 39.5. The molecule has 0 fully saturated rings. The summed E-state index contributed by atoms with van der Waals surface area (Å²) in [6, 6.07) is 37.9. The molecule has 53 heavy (non-hydrogen) atoms. The maximum Gasteiger partial charge on any atom is 0.231 e. The predicted octanol–water partition coefficient (Wildman–Crippen LogP) is 6.79. The molecular formula is C42H46BrIN5O2PS. The fraction of sp³-hybridized carbons (Fsp3) is 0.310. The van der Waals surface area contributed by atoms with Crippen molar-refractivity contribution in [3.05, 3.63) is 113 Å². The molecule has 7 nitrogen and oxygen atoms in total. The molecule has 0 saturated heterocycles. The van der Waals surface area contributed by atoms with Gasteiger partial charge in [-0.2, -0.15) is 0 Å². The van der Waals surface area contributed by atoms with E-state index in [2.05, 4.69) is 128 Å². The van der Waals surface area contributed by atoms with Crippen molar-refractivity contribution in [2.45, 2.75) is 80.8 Å². The van der Waals surface area contributed by atoms with E-state index in [1.807, 2.05) is 12.1 Å². The Hall–Kier alpha value is -3.18. The zero-order valence-corrected chi connectivity index (χ0v) is 35.3. The molecule has 11 heteroatoms. The summed E-state index contributed by atoms with van der Waals surface area (Å²) in [6.45, 7) is 1.10. The summed E-state index contributed by atoms with van der Waals surface area (Å²) in [5.74, 6) is 1.96. The number of nitrogen functional groups attached to an aromatic ring is 1. The van der Waals surface area contributed by atoms with Gasteiger partial charge in [0.15, 0.2) is 33.6 Å². The van der Waals surface area contributed by atoms with Crippen LogP contribution in [0.2, 0.25) is 0 Å². The van der Waals surface area contributed by atoms with Crippen molar-refractivity contribution >= 4 is 74.5 Å². The standard InChI is InChI=1S/C42H46IN5O2PS.BrH/c43-35-28-36-37(50-31-49-36)29-38(35)52-42-47-39-40(44)45-30-46-41(39)48(42)26-18-7-5-3-1-2-4-6-8-19-27-51(32-20-12-9-13-21-32,33-22-14-10-15-23-33)34-24-16-11-17-25-34;/h9-17,20-25,28-30H,1-8,18-19,26-27,31H2,(H2,44,45,46);1H/q+1;/p-1. The third-order valence-corrected chi connectivity index (χ3v) is 16.7. The van der Waals surface area contributed by atoms with Gasteiger partial charge in [0.25, 0.3) is 0 Å². The predicted molar refractivity (Wildman–Crippen MR) is 225 cm³/mol. The van der Waals surface area contributed by atoms with Crippen LogP contribution in [0.5, 0.6) is 11.5 Å². The minimum absolute atomic E-state index is 0. The number of halogens is 2. The number of anilines is 1. The molecule has 0 radical (unpaired) electrons. The number of nitrogens with zero attached hydrogens (tertiary/aromatic N) is 4. The number of imidazole rings is 1. The highest BCUT2D eigenvalue weighted by molar-refractivity contribution is 14.1. The van der Waals surface area contributed by atoms with Crippen LogP contribution in [0.1, 0.15) is 64.2 Å². The highest BCUT2D eigenvalue weighted by Crippen LogP contribution is 2.56. The second kappa shape index (κ2) is 19.4. The Morgan fingerprint density at radius 1 is 0.679 bits per heavy atom. The number of ether oxygens (including phenoxy) is 2. The van der Waals surface area contributed by atoms with Crippen LogP contribution in [0.4, 0.5) is 5.82 Å². The molecule has 1 aliphatic rings. The lowest BCUT2D eigenvalue weighted by Gasteiger charge is -2.27. The minimum atomic E-state index is -1.72. The fourth-order valence-corrected chi connectivity index (χ4v) is 13.3. The first-order valence-electron chi connectivity index (χ1n) is 18.4. The third kappa shape index (κ3) is 9.38. The SMILES string of the molecule is Nc1ncnc2c1nc(Sc1cc3c(cc1I)OCO3)n2CCCCCCCCCCCC[P+](c1ccccc1)(c1ccccc1)c1ccccc1.[Br-]. The molecule has 0 spiro atoms. The Morgan fingerprint density at radius 2 is 1.19 bits per heavy atom. The van der Waals surface area contributed by atoms with E-state index in [0.29, 0.717) is 11.3 Å². The summed E-state index contributed by atoms with van der Waals surface area (Å²) in [5.41, 5.74) is 7.67. The Labute approximate surface area is 342 Å².